The largest absolute Gasteiger partial charge is 0.495 e. The zero-order valence-corrected chi connectivity index (χ0v) is 17.4. The third-order valence-electron chi connectivity index (χ3n) is 4.21. The van der Waals surface area contributed by atoms with E-state index in [0.717, 1.165) is 11.6 Å². The van der Waals surface area contributed by atoms with Gasteiger partial charge in [0.25, 0.3) is 15.7 Å². The van der Waals surface area contributed by atoms with Crippen molar-refractivity contribution in [3.05, 3.63) is 87.4 Å². The summed E-state index contributed by atoms with van der Waals surface area (Å²) in [5, 5.41) is 14.8. The molecule has 2 N–H and O–H groups in total. The molecule has 156 valence electrons. The van der Waals surface area contributed by atoms with Crippen LogP contribution in [0.15, 0.2) is 71.6 Å². The first-order valence-electron chi connectivity index (χ1n) is 8.73. The summed E-state index contributed by atoms with van der Waals surface area (Å²) >= 11 is 5.88. The maximum Gasteiger partial charge on any atom is 0.270 e. The van der Waals surface area contributed by atoms with E-state index in [1.54, 1.807) is 42.5 Å². The lowest BCUT2D eigenvalue weighted by Gasteiger charge is -2.15. The molecule has 0 heterocycles. The lowest BCUT2D eigenvalue weighted by molar-refractivity contribution is -0.385. The number of hydrogen-bond donors (Lipinski definition) is 2. The molecular formula is C20H18ClN3O5S. The number of nitrogens with one attached hydrogen (secondary N) is 2. The van der Waals surface area contributed by atoms with Crippen LogP contribution in [-0.4, -0.2) is 20.5 Å². The van der Waals surface area contributed by atoms with E-state index in [4.69, 9.17) is 16.3 Å². The summed E-state index contributed by atoms with van der Waals surface area (Å²) in [5.74, 6) is 0.321. The van der Waals surface area contributed by atoms with Crippen LogP contribution in [0.25, 0.3) is 0 Å². The van der Waals surface area contributed by atoms with Gasteiger partial charge in [0.2, 0.25) is 0 Å². The number of para-hydroxylation sites is 2. The van der Waals surface area contributed by atoms with Gasteiger partial charge in [0.05, 0.1) is 23.4 Å². The van der Waals surface area contributed by atoms with E-state index in [9.17, 15) is 18.5 Å². The van der Waals surface area contributed by atoms with Gasteiger partial charge in [-0.2, -0.15) is 0 Å². The highest BCUT2D eigenvalue weighted by Gasteiger charge is 2.23. The molecule has 0 aliphatic rings. The first-order valence-corrected chi connectivity index (χ1v) is 10.6. The van der Waals surface area contributed by atoms with Gasteiger partial charge < -0.3 is 10.1 Å². The highest BCUT2D eigenvalue weighted by molar-refractivity contribution is 7.93. The molecule has 30 heavy (non-hydrogen) atoms. The predicted octanol–water partition coefficient (Wildman–Crippen LogP) is 4.67. The van der Waals surface area contributed by atoms with Gasteiger partial charge in [-0.05, 0) is 35.9 Å². The highest BCUT2D eigenvalue weighted by Crippen LogP contribution is 2.31. The van der Waals surface area contributed by atoms with E-state index in [0.29, 0.717) is 17.3 Å². The SMILES string of the molecule is COc1ccccc1NS(=O)(=O)c1cc([N+](=O)[O-])ccc1NCc1ccc(Cl)cc1. The molecule has 0 radical (unpaired) electrons. The summed E-state index contributed by atoms with van der Waals surface area (Å²) in [4.78, 5) is 10.3. The number of nitrogens with zero attached hydrogens (tertiary/aromatic N) is 1. The van der Waals surface area contributed by atoms with Crippen LogP contribution in [0.5, 0.6) is 5.75 Å². The predicted molar refractivity (Wildman–Crippen MR) is 116 cm³/mol. The number of non-ortho nitro benzene ring substituents is 1. The minimum absolute atomic E-state index is 0.218. The Morgan fingerprint density at radius 3 is 2.40 bits per heavy atom. The molecule has 3 aromatic rings. The Morgan fingerprint density at radius 1 is 1.03 bits per heavy atom. The molecule has 0 saturated carbocycles. The number of rotatable bonds is 8. The van der Waals surface area contributed by atoms with E-state index in [2.05, 4.69) is 10.0 Å². The number of methoxy groups -OCH3 is 1. The molecule has 0 aliphatic heterocycles. The van der Waals surface area contributed by atoms with Gasteiger partial charge in [-0.3, -0.25) is 14.8 Å². The van der Waals surface area contributed by atoms with Crippen LogP contribution in [0.1, 0.15) is 5.56 Å². The second-order valence-corrected chi connectivity index (χ2v) is 8.31. The van der Waals surface area contributed by atoms with Crippen LogP contribution < -0.4 is 14.8 Å². The fraction of sp³-hybridized carbons (Fsp3) is 0.100. The number of nitro benzene ring substituents is 1. The maximum absolute atomic E-state index is 13.1. The van der Waals surface area contributed by atoms with Crippen molar-refractivity contribution < 1.29 is 18.1 Å². The lowest BCUT2D eigenvalue weighted by atomic mass is 10.2. The number of anilines is 2. The molecule has 0 aromatic heterocycles. The molecule has 10 heteroatoms. The Balaban J connectivity index is 1.96. The van der Waals surface area contributed by atoms with Crippen molar-refractivity contribution in [3.8, 4) is 5.75 Å². The van der Waals surface area contributed by atoms with Crippen LogP contribution in [0.3, 0.4) is 0 Å². The average Bonchev–Trinajstić information content (AvgIpc) is 2.73. The van der Waals surface area contributed by atoms with Gasteiger partial charge in [0, 0.05) is 23.7 Å². The molecule has 3 aromatic carbocycles. The molecular weight excluding hydrogens is 430 g/mol. The summed E-state index contributed by atoms with van der Waals surface area (Å²) in [6, 6.07) is 17.1. The number of nitro groups is 1. The molecule has 0 unspecified atom stereocenters. The van der Waals surface area contributed by atoms with Crippen molar-refractivity contribution in [2.45, 2.75) is 11.4 Å². The van der Waals surface area contributed by atoms with E-state index in [1.807, 2.05) is 0 Å². The summed E-state index contributed by atoms with van der Waals surface area (Å²) in [6.45, 7) is 0.298. The van der Waals surface area contributed by atoms with Gasteiger partial charge >= 0.3 is 0 Å². The number of ether oxygens (including phenoxy) is 1. The number of halogens is 1. The van der Waals surface area contributed by atoms with Crippen LogP contribution in [0, 0.1) is 10.1 Å². The molecule has 0 amide bonds. The minimum Gasteiger partial charge on any atom is -0.495 e. The summed E-state index contributed by atoms with van der Waals surface area (Å²) in [6.07, 6.45) is 0. The fourth-order valence-electron chi connectivity index (χ4n) is 2.72. The smallest absolute Gasteiger partial charge is 0.270 e. The summed E-state index contributed by atoms with van der Waals surface area (Å²) in [7, 11) is -2.75. The zero-order chi connectivity index (χ0) is 21.7. The zero-order valence-electron chi connectivity index (χ0n) is 15.8. The second-order valence-electron chi connectivity index (χ2n) is 6.22. The third-order valence-corrected chi connectivity index (χ3v) is 5.87. The Hall–Kier alpha value is -3.30. The maximum atomic E-state index is 13.1. The average molecular weight is 448 g/mol. The van der Waals surface area contributed by atoms with Crippen LogP contribution in [0.2, 0.25) is 5.02 Å². The van der Waals surface area contributed by atoms with Crippen LogP contribution in [-0.2, 0) is 16.6 Å². The molecule has 0 fully saturated rings. The first kappa shape index (κ1) is 21.4. The molecule has 3 rings (SSSR count). The molecule has 0 bridgehead atoms. The second kappa shape index (κ2) is 9.02. The summed E-state index contributed by atoms with van der Waals surface area (Å²) in [5.41, 5.74) is 0.958. The van der Waals surface area contributed by atoms with E-state index in [1.165, 1.54) is 25.3 Å². The van der Waals surface area contributed by atoms with Crippen LogP contribution in [0.4, 0.5) is 17.1 Å². The van der Waals surface area contributed by atoms with Crippen molar-refractivity contribution in [2.24, 2.45) is 0 Å². The summed E-state index contributed by atoms with van der Waals surface area (Å²) < 4.78 is 33.8. The van der Waals surface area contributed by atoms with Crippen molar-refractivity contribution in [2.75, 3.05) is 17.1 Å². The van der Waals surface area contributed by atoms with E-state index < -0.39 is 14.9 Å². The Kier molecular flexibility index (Phi) is 6.43. The van der Waals surface area contributed by atoms with Gasteiger partial charge in [0.15, 0.2) is 0 Å². The third kappa shape index (κ3) is 5.00. The minimum atomic E-state index is -4.16. The van der Waals surface area contributed by atoms with Crippen molar-refractivity contribution in [1.82, 2.24) is 0 Å². The Labute approximate surface area is 178 Å². The Morgan fingerprint density at radius 2 is 1.73 bits per heavy atom. The van der Waals surface area contributed by atoms with Gasteiger partial charge in [0.1, 0.15) is 10.6 Å². The number of sulfonamides is 1. The van der Waals surface area contributed by atoms with Crippen molar-refractivity contribution in [3.63, 3.8) is 0 Å². The Bertz CT molecular complexity index is 1170. The number of hydrogen-bond acceptors (Lipinski definition) is 6. The normalized spacial score (nSPS) is 11.0. The molecule has 0 spiro atoms. The molecule has 0 aliphatic carbocycles. The lowest BCUT2D eigenvalue weighted by Crippen LogP contribution is -2.16. The van der Waals surface area contributed by atoms with Crippen molar-refractivity contribution in [1.29, 1.82) is 0 Å². The van der Waals surface area contributed by atoms with Gasteiger partial charge in [-0.1, -0.05) is 35.9 Å². The molecule has 0 saturated heterocycles. The quantitative estimate of drug-likeness (QED) is 0.383. The van der Waals surface area contributed by atoms with Gasteiger partial charge in [-0.25, -0.2) is 8.42 Å². The topological polar surface area (TPSA) is 111 Å². The molecule has 8 nitrogen and oxygen atoms in total. The van der Waals surface area contributed by atoms with Gasteiger partial charge in [-0.15, -0.1) is 0 Å². The highest BCUT2D eigenvalue weighted by atomic mass is 35.5. The van der Waals surface area contributed by atoms with Crippen LogP contribution >= 0.6 is 11.6 Å². The standard InChI is InChI=1S/C20H18ClN3O5S/c1-29-19-5-3-2-4-17(19)23-30(27,28)20-12-16(24(25)26)10-11-18(20)22-13-14-6-8-15(21)9-7-14/h2-12,22-23H,13H2,1H3. The van der Waals surface area contributed by atoms with E-state index >= 15 is 0 Å². The molecule has 0 atom stereocenters. The number of benzene rings is 3. The van der Waals surface area contributed by atoms with E-state index in [-0.39, 0.29) is 22.0 Å². The first-order chi connectivity index (χ1) is 14.3. The van der Waals surface area contributed by atoms with Crippen molar-refractivity contribution >= 4 is 38.7 Å². The monoisotopic (exact) mass is 447 g/mol. The fourth-order valence-corrected chi connectivity index (χ4v) is 4.12.